The van der Waals surface area contributed by atoms with E-state index in [1.54, 1.807) is 6.92 Å². The van der Waals surface area contributed by atoms with Crippen LogP contribution in [-0.4, -0.2) is 14.7 Å². The molecule has 1 N–H and O–H groups in total. The molecule has 0 bridgehead atoms. The lowest BCUT2D eigenvalue weighted by Gasteiger charge is -2.08. The molecule has 1 unspecified atom stereocenters. The molecule has 4 nitrogen and oxygen atoms in total. The molecule has 1 heterocycles. The first-order chi connectivity index (χ1) is 16.1. The zero-order valence-corrected chi connectivity index (χ0v) is 25.3. The number of aromatic hydroxyl groups is 1. The van der Waals surface area contributed by atoms with Crippen LogP contribution < -0.4 is 5.56 Å². The van der Waals surface area contributed by atoms with E-state index in [-0.39, 0.29) is 11.4 Å². The highest BCUT2D eigenvalue weighted by Gasteiger charge is 2.01. The van der Waals surface area contributed by atoms with Crippen molar-refractivity contribution in [1.82, 2.24) is 9.55 Å². The Labute approximate surface area is 213 Å². The number of aryl methyl sites for hydroxylation is 1. The zero-order chi connectivity index (χ0) is 27.9. The summed E-state index contributed by atoms with van der Waals surface area (Å²) in [4.78, 5) is 14.8. The van der Waals surface area contributed by atoms with E-state index in [1.165, 1.54) is 35.8 Å². The van der Waals surface area contributed by atoms with Gasteiger partial charge in [-0.2, -0.15) is 0 Å². The van der Waals surface area contributed by atoms with Crippen molar-refractivity contribution in [2.45, 2.75) is 129 Å². The van der Waals surface area contributed by atoms with Crippen LogP contribution in [0.2, 0.25) is 0 Å². The highest BCUT2D eigenvalue weighted by molar-refractivity contribution is 5.25. The summed E-state index contributed by atoms with van der Waals surface area (Å²) >= 11 is 0. The molecular weight excluding hydrogens is 420 g/mol. The average Bonchev–Trinajstić information content (AvgIpc) is 2.79. The van der Waals surface area contributed by atoms with E-state index in [0.29, 0.717) is 18.3 Å². The molecule has 1 aromatic heterocycles. The number of hydrogen-bond donors (Lipinski definition) is 1. The van der Waals surface area contributed by atoms with Crippen molar-refractivity contribution in [2.24, 2.45) is 5.92 Å². The minimum Gasteiger partial charge on any atom is -0.493 e. The summed E-state index contributed by atoms with van der Waals surface area (Å²) in [5, 5.41) is 8.89. The second-order valence-corrected chi connectivity index (χ2v) is 7.37. The minimum absolute atomic E-state index is 0.211. The molecule has 0 aliphatic rings. The SMILES string of the molecule is CC.CCC.CCC.CCC.CCn1c(C)nc(O)cc1=O.C\C=C/C=C(\C=C/C)C(C)CC. The predicted octanol–water partition coefficient (Wildman–Crippen LogP) is 9.66. The Morgan fingerprint density at radius 3 is 1.71 bits per heavy atom. The highest BCUT2D eigenvalue weighted by atomic mass is 16.3. The zero-order valence-electron chi connectivity index (χ0n) is 25.3. The van der Waals surface area contributed by atoms with Crippen LogP contribution in [0.15, 0.2) is 46.8 Å². The summed E-state index contributed by atoms with van der Waals surface area (Å²) in [5.74, 6) is 0.993. The maximum absolute atomic E-state index is 11.1. The Hall–Kier alpha value is -2.10. The van der Waals surface area contributed by atoms with Gasteiger partial charge in [-0.15, -0.1) is 0 Å². The smallest absolute Gasteiger partial charge is 0.257 e. The maximum Gasteiger partial charge on any atom is 0.257 e. The van der Waals surface area contributed by atoms with Crippen LogP contribution in [0.3, 0.4) is 0 Å². The van der Waals surface area contributed by atoms with Crippen molar-refractivity contribution in [1.29, 1.82) is 0 Å². The number of allylic oxidation sites excluding steroid dienone is 6. The van der Waals surface area contributed by atoms with Crippen LogP contribution in [0, 0.1) is 12.8 Å². The first-order valence-electron chi connectivity index (χ1n) is 13.4. The maximum atomic E-state index is 11.1. The van der Waals surface area contributed by atoms with E-state index < -0.39 is 0 Å². The van der Waals surface area contributed by atoms with Crippen molar-refractivity contribution in [3.05, 3.63) is 58.2 Å². The molecule has 0 aromatic carbocycles. The molecule has 1 rings (SSSR count). The monoisotopic (exact) mass is 480 g/mol. The van der Waals surface area contributed by atoms with Gasteiger partial charge in [0.05, 0.1) is 6.07 Å². The van der Waals surface area contributed by atoms with Gasteiger partial charge >= 0.3 is 0 Å². The molecule has 1 atom stereocenters. The fourth-order valence-electron chi connectivity index (χ4n) is 2.01. The van der Waals surface area contributed by atoms with Crippen LogP contribution in [0.4, 0.5) is 0 Å². The van der Waals surface area contributed by atoms with E-state index in [9.17, 15) is 4.79 Å². The Balaban J connectivity index is -0.000000116. The van der Waals surface area contributed by atoms with E-state index >= 15 is 0 Å². The van der Waals surface area contributed by atoms with Crippen LogP contribution in [0.25, 0.3) is 0 Å². The highest BCUT2D eigenvalue weighted by Crippen LogP contribution is 2.15. The molecule has 34 heavy (non-hydrogen) atoms. The molecule has 0 fully saturated rings. The lowest BCUT2D eigenvalue weighted by molar-refractivity contribution is 0.443. The van der Waals surface area contributed by atoms with E-state index in [0.717, 1.165) is 6.07 Å². The van der Waals surface area contributed by atoms with Gasteiger partial charge in [0, 0.05) is 6.54 Å². The Kier molecular flexibility index (Phi) is 43.9. The van der Waals surface area contributed by atoms with Crippen molar-refractivity contribution in [2.75, 3.05) is 0 Å². The molecule has 0 radical (unpaired) electrons. The van der Waals surface area contributed by atoms with E-state index in [1.807, 2.05) is 27.7 Å². The lowest BCUT2D eigenvalue weighted by Crippen LogP contribution is -2.21. The summed E-state index contributed by atoms with van der Waals surface area (Å²) in [6.07, 6.45) is 15.6. The molecule has 0 spiro atoms. The normalized spacial score (nSPS) is 10.7. The molecule has 0 amide bonds. The number of aromatic nitrogens is 2. The summed E-state index contributed by atoms with van der Waals surface area (Å²) < 4.78 is 1.49. The van der Waals surface area contributed by atoms with Gasteiger partial charge in [0.1, 0.15) is 5.82 Å². The fraction of sp³-hybridized carbons (Fsp3) is 0.667. The van der Waals surface area contributed by atoms with Gasteiger partial charge in [0.15, 0.2) is 0 Å². The van der Waals surface area contributed by atoms with Gasteiger partial charge in [-0.05, 0) is 45.6 Å². The Morgan fingerprint density at radius 2 is 1.41 bits per heavy atom. The Morgan fingerprint density at radius 1 is 0.971 bits per heavy atom. The summed E-state index contributed by atoms with van der Waals surface area (Å²) in [6.45, 7) is 29.5. The third-order valence-corrected chi connectivity index (χ3v) is 3.52. The van der Waals surface area contributed by atoms with Crippen molar-refractivity contribution < 1.29 is 5.11 Å². The quantitative estimate of drug-likeness (QED) is 0.427. The van der Waals surface area contributed by atoms with E-state index in [2.05, 4.69) is 97.7 Å². The third-order valence-electron chi connectivity index (χ3n) is 3.52. The first kappa shape index (κ1) is 42.1. The summed E-state index contributed by atoms with van der Waals surface area (Å²) in [5.41, 5.74) is 1.20. The fourth-order valence-corrected chi connectivity index (χ4v) is 2.01. The van der Waals surface area contributed by atoms with Gasteiger partial charge in [-0.3, -0.25) is 9.36 Å². The molecule has 0 saturated heterocycles. The van der Waals surface area contributed by atoms with Gasteiger partial charge in [-0.25, -0.2) is 4.98 Å². The second-order valence-electron chi connectivity index (χ2n) is 7.37. The lowest BCUT2D eigenvalue weighted by atomic mass is 9.97. The molecule has 0 saturated carbocycles. The van der Waals surface area contributed by atoms with Crippen LogP contribution in [-0.2, 0) is 6.54 Å². The molecule has 0 aliphatic carbocycles. The summed E-state index contributed by atoms with van der Waals surface area (Å²) in [7, 11) is 0. The van der Waals surface area contributed by atoms with Crippen LogP contribution >= 0.6 is 0 Å². The number of hydrogen-bond acceptors (Lipinski definition) is 3. The molecule has 0 aliphatic heterocycles. The molecule has 1 aromatic rings. The van der Waals surface area contributed by atoms with Crippen LogP contribution in [0.1, 0.15) is 122 Å². The first-order valence-corrected chi connectivity index (χ1v) is 13.4. The van der Waals surface area contributed by atoms with E-state index in [4.69, 9.17) is 5.11 Å². The molecular formula is C30H60N2O2. The molecule has 4 heteroatoms. The van der Waals surface area contributed by atoms with Crippen molar-refractivity contribution in [3.63, 3.8) is 0 Å². The Bertz CT molecular complexity index is 652. The van der Waals surface area contributed by atoms with Gasteiger partial charge < -0.3 is 5.11 Å². The van der Waals surface area contributed by atoms with Gasteiger partial charge in [0.2, 0.25) is 5.88 Å². The molecule has 202 valence electrons. The number of rotatable bonds is 5. The standard InChI is InChI=1S/C12H20.C7H10N2O2.3C3H8.C2H6/c1-5-8-10-12(9-6-2)11(4)7-3;1-3-9-5(2)8-6(10)4-7(9)11;3*1-3-2;1-2/h5-6,8-11H,7H2,1-4H3;4,10H,3H2,1-2H3;3*3H2,1-2H3;1-2H3/b8-5-,9-6-,12-10+;;;;;. The van der Waals surface area contributed by atoms with Crippen molar-refractivity contribution >= 4 is 0 Å². The minimum atomic E-state index is -0.211. The largest absolute Gasteiger partial charge is 0.493 e. The number of nitrogens with zero attached hydrogens (tertiary/aromatic N) is 2. The van der Waals surface area contributed by atoms with Gasteiger partial charge in [0.25, 0.3) is 5.56 Å². The third kappa shape index (κ3) is 29.9. The van der Waals surface area contributed by atoms with Crippen LogP contribution in [0.5, 0.6) is 5.88 Å². The summed E-state index contributed by atoms with van der Waals surface area (Å²) in [6, 6.07) is 1.11. The van der Waals surface area contributed by atoms with Crippen molar-refractivity contribution in [3.8, 4) is 5.88 Å². The average molecular weight is 481 g/mol. The second kappa shape index (κ2) is 35.5. The van der Waals surface area contributed by atoms with Gasteiger partial charge in [-0.1, -0.05) is 119 Å². The predicted molar refractivity (Wildman–Crippen MR) is 157 cm³/mol. The topological polar surface area (TPSA) is 55.1 Å².